The number of benzene rings is 3. The van der Waals surface area contributed by atoms with Crippen LogP contribution in [0.5, 0.6) is 5.75 Å². The summed E-state index contributed by atoms with van der Waals surface area (Å²) in [6.07, 6.45) is 0. The topological polar surface area (TPSA) is 64.4 Å². The van der Waals surface area contributed by atoms with Crippen molar-refractivity contribution >= 4 is 34.3 Å². The molecular formula is C25H23ClN2O3. The average molecular weight is 435 g/mol. The van der Waals surface area contributed by atoms with Gasteiger partial charge in [-0.15, -0.1) is 0 Å². The van der Waals surface area contributed by atoms with Gasteiger partial charge in [0.2, 0.25) is 5.89 Å². The second-order valence-electron chi connectivity index (χ2n) is 7.70. The van der Waals surface area contributed by atoms with Crippen molar-refractivity contribution in [3.63, 3.8) is 0 Å². The third kappa shape index (κ3) is 4.57. The van der Waals surface area contributed by atoms with Crippen LogP contribution in [0.15, 0.2) is 52.9 Å². The Morgan fingerprint density at radius 2 is 1.74 bits per heavy atom. The molecule has 4 rings (SSSR count). The summed E-state index contributed by atoms with van der Waals surface area (Å²) in [6, 6.07) is 15.0. The normalized spacial score (nSPS) is 11.0. The van der Waals surface area contributed by atoms with E-state index in [-0.39, 0.29) is 12.5 Å². The molecule has 0 saturated heterocycles. The molecule has 0 atom stereocenters. The highest BCUT2D eigenvalue weighted by molar-refractivity contribution is 6.30. The zero-order chi connectivity index (χ0) is 22.1. The minimum absolute atomic E-state index is 0.104. The fraction of sp³-hybridized carbons (Fsp3) is 0.200. The molecule has 0 aliphatic carbocycles. The molecule has 0 fully saturated rings. The lowest BCUT2D eigenvalue weighted by Crippen LogP contribution is -2.21. The first-order chi connectivity index (χ1) is 14.8. The van der Waals surface area contributed by atoms with Crippen LogP contribution in [-0.4, -0.2) is 17.5 Å². The van der Waals surface area contributed by atoms with E-state index in [4.69, 9.17) is 20.8 Å². The molecule has 1 amide bonds. The number of aryl methyl sites for hydroxylation is 4. The standard InChI is InChI=1S/C25H23ClN2O3/c1-14-5-6-18(25-28-21-10-15(2)16(3)11-23(21)31-25)12-20(14)27-24(29)13-30-22-8-7-19(26)9-17(22)4/h5-12H,13H2,1-4H3,(H,27,29). The van der Waals surface area contributed by atoms with E-state index in [0.717, 1.165) is 33.4 Å². The predicted molar refractivity (Wildman–Crippen MR) is 124 cm³/mol. The second kappa shape index (κ2) is 8.44. The summed E-state index contributed by atoms with van der Waals surface area (Å²) in [4.78, 5) is 17.1. The maximum absolute atomic E-state index is 12.5. The zero-order valence-corrected chi connectivity index (χ0v) is 18.6. The van der Waals surface area contributed by atoms with Gasteiger partial charge in [0.05, 0.1) is 0 Å². The number of amides is 1. The zero-order valence-electron chi connectivity index (χ0n) is 17.9. The number of carbonyl (C=O) groups is 1. The van der Waals surface area contributed by atoms with Gasteiger partial charge in [-0.3, -0.25) is 4.79 Å². The van der Waals surface area contributed by atoms with E-state index in [1.807, 2.05) is 51.1 Å². The summed E-state index contributed by atoms with van der Waals surface area (Å²) < 4.78 is 11.6. The van der Waals surface area contributed by atoms with Crippen LogP contribution in [0.2, 0.25) is 5.02 Å². The van der Waals surface area contributed by atoms with Crippen LogP contribution in [0.3, 0.4) is 0 Å². The number of oxazole rings is 1. The number of fused-ring (bicyclic) bond motifs is 1. The number of rotatable bonds is 5. The molecule has 0 radical (unpaired) electrons. The van der Waals surface area contributed by atoms with Crippen LogP contribution in [0.25, 0.3) is 22.6 Å². The van der Waals surface area contributed by atoms with Crippen LogP contribution in [0.1, 0.15) is 22.3 Å². The molecule has 0 unspecified atom stereocenters. The van der Waals surface area contributed by atoms with E-state index in [1.54, 1.807) is 18.2 Å². The molecule has 0 aliphatic rings. The molecule has 1 heterocycles. The smallest absolute Gasteiger partial charge is 0.262 e. The first-order valence-corrected chi connectivity index (χ1v) is 10.4. The number of carbonyl (C=O) groups excluding carboxylic acids is 1. The third-order valence-corrected chi connectivity index (χ3v) is 5.49. The van der Waals surface area contributed by atoms with Gasteiger partial charge in [-0.2, -0.15) is 0 Å². The molecule has 158 valence electrons. The van der Waals surface area contributed by atoms with Crippen LogP contribution in [0, 0.1) is 27.7 Å². The van der Waals surface area contributed by atoms with E-state index in [1.165, 1.54) is 5.56 Å². The highest BCUT2D eigenvalue weighted by atomic mass is 35.5. The number of ether oxygens (including phenoxy) is 1. The molecule has 4 aromatic rings. The summed E-state index contributed by atoms with van der Waals surface area (Å²) in [6.45, 7) is 7.81. The van der Waals surface area contributed by atoms with Gasteiger partial charge in [0.15, 0.2) is 12.2 Å². The Morgan fingerprint density at radius 3 is 2.52 bits per heavy atom. The second-order valence-corrected chi connectivity index (χ2v) is 8.14. The SMILES string of the molecule is Cc1cc2nc(-c3ccc(C)c(NC(=O)COc4ccc(Cl)cc4C)c3)oc2cc1C. The van der Waals surface area contributed by atoms with Crippen LogP contribution >= 0.6 is 11.6 Å². The Kier molecular flexibility index (Phi) is 5.70. The lowest BCUT2D eigenvalue weighted by molar-refractivity contribution is -0.118. The van der Waals surface area contributed by atoms with Crippen molar-refractivity contribution in [1.82, 2.24) is 4.98 Å². The fourth-order valence-electron chi connectivity index (χ4n) is 3.30. The maximum atomic E-state index is 12.5. The van der Waals surface area contributed by atoms with Crippen LogP contribution < -0.4 is 10.1 Å². The molecule has 1 aromatic heterocycles. The molecule has 0 bridgehead atoms. The number of nitrogens with zero attached hydrogens (tertiary/aromatic N) is 1. The average Bonchev–Trinajstić information content (AvgIpc) is 3.12. The number of anilines is 1. The van der Waals surface area contributed by atoms with E-state index >= 15 is 0 Å². The van der Waals surface area contributed by atoms with Crippen molar-refractivity contribution in [2.75, 3.05) is 11.9 Å². The van der Waals surface area contributed by atoms with Crippen LogP contribution in [0.4, 0.5) is 5.69 Å². The van der Waals surface area contributed by atoms with Gasteiger partial charge in [-0.25, -0.2) is 4.98 Å². The molecule has 5 nitrogen and oxygen atoms in total. The molecule has 1 N–H and O–H groups in total. The van der Waals surface area contributed by atoms with Gasteiger partial charge < -0.3 is 14.5 Å². The van der Waals surface area contributed by atoms with Crippen molar-refractivity contribution in [3.8, 4) is 17.2 Å². The summed E-state index contributed by atoms with van der Waals surface area (Å²) in [5.74, 6) is 0.893. The first-order valence-electron chi connectivity index (χ1n) is 9.98. The van der Waals surface area contributed by atoms with Gasteiger partial charge in [-0.1, -0.05) is 17.7 Å². The van der Waals surface area contributed by atoms with Gasteiger partial charge in [-0.05, 0) is 92.4 Å². The number of aromatic nitrogens is 1. The quantitative estimate of drug-likeness (QED) is 0.394. The van der Waals surface area contributed by atoms with Gasteiger partial charge in [0, 0.05) is 16.3 Å². The molecule has 3 aromatic carbocycles. The van der Waals surface area contributed by atoms with Crippen LogP contribution in [-0.2, 0) is 4.79 Å². The molecule has 0 saturated carbocycles. The summed E-state index contributed by atoms with van der Waals surface area (Å²) in [5, 5.41) is 3.54. The summed E-state index contributed by atoms with van der Waals surface area (Å²) in [5.41, 5.74) is 7.17. The van der Waals surface area contributed by atoms with E-state index < -0.39 is 0 Å². The Balaban J connectivity index is 1.52. The number of hydrogen-bond donors (Lipinski definition) is 1. The highest BCUT2D eigenvalue weighted by Gasteiger charge is 2.13. The number of halogens is 1. The Hall–Kier alpha value is -3.31. The largest absolute Gasteiger partial charge is 0.483 e. The van der Waals surface area contributed by atoms with Gasteiger partial charge in [0.25, 0.3) is 5.91 Å². The van der Waals surface area contributed by atoms with Gasteiger partial charge in [0.1, 0.15) is 11.3 Å². The molecular weight excluding hydrogens is 412 g/mol. The van der Waals surface area contributed by atoms with E-state index in [9.17, 15) is 4.79 Å². The summed E-state index contributed by atoms with van der Waals surface area (Å²) in [7, 11) is 0. The summed E-state index contributed by atoms with van der Waals surface area (Å²) >= 11 is 5.96. The fourth-order valence-corrected chi connectivity index (χ4v) is 3.52. The molecule has 6 heteroatoms. The van der Waals surface area contributed by atoms with Crippen molar-refractivity contribution in [2.24, 2.45) is 0 Å². The van der Waals surface area contributed by atoms with E-state index in [0.29, 0.717) is 22.4 Å². The lowest BCUT2D eigenvalue weighted by Gasteiger charge is -2.12. The Morgan fingerprint density at radius 1 is 0.968 bits per heavy atom. The predicted octanol–water partition coefficient (Wildman–Crippen LogP) is 6.40. The number of hydrogen-bond acceptors (Lipinski definition) is 4. The minimum atomic E-state index is -0.251. The van der Waals surface area contributed by atoms with E-state index in [2.05, 4.69) is 17.2 Å². The number of nitrogens with one attached hydrogen (secondary N) is 1. The maximum Gasteiger partial charge on any atom is 0.262 e. The third-order valence-electron chi connectivity index (χ3n) is 5.26. The van der Waals surface area contributed by atoms with Crippen molar-refractivity contribution in [3.05, 3.63) is 75.8 Å². The first kappa shape index (κ1) is 20.9. The molecule has 0 aliphatic heterocycles. The molecule has 0 spiro atoms. The Bertz CT molecular complexity index is 1250. The van der Waals surface area contributed by atoms with Crippen molar-refractivity contribution in [2.45, 2.75) is 27.7 Å². The minimum Gasteiger partial charge on any atom is -0.483 e. The highest BCUT2D eigenvalue weighted by Crippen LogP contribution is 2.29. The van der Waals surface area contributed by atoms with Crippen molar-refractivity contribution in [1.29, 1.82) is 0 Å². The Labute approximate surface area is 186 Å². The monoisotopic (exact) mass is 434 g/mol. The molecule has 31 heavy (non-hydrogen) atoms. The lowest BCUT2D eigenvalue weighted by atomic mass is 10.1. The van der Waals surface area contributed by atoms with Crippen molar-refractivity contribution < 1.29 is 13.9 Å². The van der Waals surface area contributed by atoms with Gasteiger partial charge >= 0.3 is 0 Å².